The smallest absolute Gasteiger partial charge is 0.221 e. The van der Waals surface area contributed by atoms with Gasteiger partial charge in [-0.15, -0.1) is 0 Å². The lowest BCUT2D eigenvalue weighted by Gasteiger charge is -2.42. The summed E-state index contributed by atoms with van der Waals surface area (Å²) in [6.07, 6.45) is 2.66. The van der Waals surface area contributed by atoms with Gasteiger partial charge in [0.2, 0.25) is 10.0 Å². The molecule has 0 bridgehead atoms. The Kier molecular flexibility index (Phi) is 6.42. The van der Waals surface area contributed by atoms with Crippen molar-refractivity contribution in [2.24, 2.45) is 0 Å². The number of benzene rings is 1. The van der Waals surface area contributed by atoms with Crippen LogP contribution < -0.4 is 10.4 Å². The highest BCUT2D eigenvalue weighted by molar-refractivity contribution is 7.90. The van der Waals surface area contributed by atoms with E-state index in [4.69, 9.17) is 4.74 Å². The first-order valence-electron chi connectivity index (χ1n) is 10.2. The number of hydrogen-bond acceptors (Lipinski definition) is 8. The predicted octanol–water partition coefficient (Wildman–Crippen LogP) is 2.10. The Morgan fingerprint density at radius 3 is 2.47 bits per heavy atom. The van der Waals surface area contributed by atoms with Gasteiger partial charge in [-0.3, -0.25) is 0 Å². The van der Waals surface area contributed by atoms with Gasteiger partial charge in [0.1, 0.15) is 4.75 Å². The Bertz CT molecular complexity index is 942. The van der Waals surface area contributed by atoms with Crippen LogP contribution in [0.2, 0.25) is 0 Å². The molecule has 10 heteroatoms. The summed E-state index contributed by atoms with van der Waals surface area (Å²) in [5, 5.41) is 10.2. The molecule has 0 atom stereocenters. The quantitative estimate of drug-likeness (QED) is 0.648. The molecule has 1 aromatic carbocycles. The molecule has 2 aliphatic heterocycles. The normalized spacial score (nSPS) is 20.4. The van der Waals surface area contributed by atoms with Crippen LogP contribution in [0.5, 0.6) is 0 Å². The van der Waals surface area contributed by atoms with Gasteiger partial charge >= 0.3 is 0 Å². The fraction of sp³-hybridized carbons (Fsp3) is 0.550. The molecule has 2 aliphatic rings. The fourth-order valence-electron chi connectivity index (χ4n) is 4.07. The SMILES string of the molecule is Cc1ccc(-c2cnc(N3CCN(S(=O)(=O)C4(CNO)CCOCC4)CC3)s2)cc1. The van der Waals surface area contributed by atoms with Crippen LogP contribution in [0.25, 0.3) is 10.4 Å². The second kappa shape index (κ2) is 8.89. The van der Waals surface area contributed by atoms with Gasteiger partial charge in [-0.2, -0.15) is 4.31 Å². The van der Waals surface area contributed by atoms with E-state index in [1.165, 1.54) is 5.56 Å². The Hall–Kier alpha value is -1.56. The van der Waals surface area contributed by atoms with Gasteiger partial charge in [0, 0.05) is 52.1 Å². The third kappa shape index (κ3) is 4.12. The molecule has 2 fully saturated rings. The fourth-order valence-corrected chi connectivity index (χ4v) is 7.16. The van der Waals surface area contributed by atoms with Crippen molar-refractivity contribution in [1.29, 1.82) is 0 Å². The minimum atomic E-state index is -3.57. The summed E-state index contributed by atoms with van der Waals surface area (Å²) in [6, 6.07) is 8.37. The summed E-state index contributed by atoms with van der Waals surface area (Å²) in [7, 11) is -3.57. The number of rotatable bonds is 6. The van der Waals surface area contributed by atoms with Gasteiger partial charge in [-0.05, 0) is 25.3 Å². The van der Waals surface area contributed by atoms with Crippen LogP contribution in [0.3, 0.4) is 0 Å². The molecule has 8 nitrogen and oxygen atoms in total. The number of hydroxylamine groups is 1. The van der Waals surface area contributed by atoms with E-state index in [2.05, 4.69) is 46.6 Å². The molecule has 0 amide bonds. The van der Waals surface area contributed by atoms with Gasteiger partial charge in [0.15, 0.2) is 5.13 Å². The molecule has 1 aromatic heterocycles. The largest absolute Gasteiger partial charge is 0.381 e. The number of hydrogen-bond donors (Lipinski definition) is 2. The highest BCUT2D eigenvalue weighted by atomic mass is 32.2. The molecule has 0 radical (unpaired) electrons. The zero-order valence-corrected chi connectivity index (χ0v) is 18.7. The van der Waals surface area contributed by atoms with Crippen LogP contribution in [0, 0.1) is 6.92 Å². The van der Waals surface area contributed by atoms with Gasteiger partial charge in [0.05, 0.1) is 4.88 Å². The van der Waals surface area contributed by atoms with Crippen molar-refractivity contribution in [3.8, 4) is 10.4 Å². The molecule has 2 N–H and O–H groups in total. The van der Waals surface area contributed by atoms with E-state index in [0.29, 0.717) is 52.2 Å². The summed E-state index contributed by atoms with van der Waals surface area (Å²) in [5.41, 5.74) is 4.46. The van der Waals surface area contributed by atoms with Crippen molar-refractivity contribution in [1.82, 2.24) is 14.8 Å². The third-order valence-corrected chi connectivity index (χ3v) is 9.83. The van der Waals surface area contributed by atoms with Crippen molar-refractivity contribution < 1.29 is 18.4 Å². The maximum absolute atomic E-state index is 13.4. The second-order valence-corrected chi connectivity index (χ2v) is 11.2. The number of piperazine rings is 1. The molecule has 2 saturated heterocycles. The van der Waals surface area contributed by atoms with Crippen LogP contribution in [0.1, 0.15) is 18.4 Å². The summed E-state index contributed by atoms with van der Waals surface area (Å²) in [5.74, 6) is 0. The maximum atomic E-state index is 13.4. The number of anilines is 1. The van der Waals surface area contributed by atoms with Crippen molar-refractivity contribution >= 4 is 26.5 Å². The molecule has 0 spiro atoms. The van der Waals surface area contributed by atoms with Crippen molar-refractivity contribution in [3.05, 3.63) is 36.0 Å². The minimum absolute atomic E-state index is 0.0191. The van der Waals surface area contributed by atoms with E-state index in [0.717, 1.165) is 15.6 Å². The zero-order chi connectivity index (χ0) is 21.2. The van der Waals surface area contributed by atoms with E-state index in [1.54, 1.807) is 15.6 Å². The van der Waals surface area contributed by atoms with Crippen molar-refractivity contribution in [2.75, 3.05) is 50.8 Å². The Labute approximate surface area is 181 Å². The molecule has 0 saturated carbocycles. The predicted molar refractivity (Wildman–Crippen MR) is 118 cm³/mol. The first-order valence-corrected chi connectivity index (χ1v) is 12.4. The molecule has 2 aromatic rings. The Morgan fingerprint density at radius 2 is 1.83 bits per heavy atom. The average Bonchev–Trinajstić information content (AvgIpc) is 3.25. The van der Waals surface area contributed by atoms with Crippen LogP contribution in [0.4, 0.5) is 5.13 Å². The lowest BCUT2D eigenvalue weighted by atomic mass is 9.99. The topological polar surface area (TPSA) is 95.0 Å². The minimum Gasteiger partial charge on any atom is -0.381 e. The number of ether oxygens (including phenoxy) is 1. The zero-order valence-electron chi connectivity index (χ0n) is 17.1. The molecule has 0 unspecified atom stereocenters. The number of sulfonamides is 1. The summed E-state index contributed by atoms with van der Waals surface area (Å²) in [6.45, 7) is 4.88. The van der Waals surface area contributed by atoms with Crippen LogP contribution in [0.15, 0.2) is 30.5 Å². The van der Waals surface area contributed by atoms with E-state index in [9.17, 15) is 13.6 Å². The summed E-state index contributed by atoms with van der Waals surface area (Å²) in [4.78, 5) is 7.83. The van der Waals surface area contributed by atoms with E-state index >= 15 is 0 Å². The molecule has 4 rings (SSSR count). The number of aromatic nitrogens is 1. The lowest BCUT2D eigenvalue weighted by molar-refractivity contribution is 0.0568. The van der Waals surface area contributed by atoms with E-state index < -0.39 is 14.8 Å². The van der Waals surface area contributed by atoms with Crippen molar-refractivity contribution in [2.45, 2.75) is 24.5 Å². The van der Waals surface area contributed by atoms with Gasteiger partial charge in [-0.25, -0.2) is 18.9 Å². The first-order chi connectivity index (χ1) is 14.4. The van der Waals surface area contributed by atoms with Crippen LogP contribution in [-0.2, 0) is 14.8 Å². The van der Waals surface area contributed by atoms with Gasteiger partial charge in [-0.1, -0.05) is 41.2 Å². The molecule has 30 heavy (non-hydrogen) atoms. The molecular formula is C20H28N4O4S2. The van der Waals surface area contributed by atoms with Crippen molar-refractivity contribution in [3.63, 3.8) is 0 Å². The molecular weight excluding hydrogens is 424 g/mol. The highest BCUT2D eigenvalue weighted by Gasteiger charge is 2.48. The summed E-state index contributed by atoms with van der Waals surface area (Å²) < 4.78 is 32.7. The third-order valence-electron chi connectivity index (χ3n) is 6.03. The number of thiazole rings is 1. The average molecular weight is 453 g/mol. The van der Waals surface area contributed by atoms with E-state index in [1.807, 2.05) is 6.20 Å². The number of nitrogens with zero attached hydrogens (tertiary/aromatic N) is 3. The number of aryl methyl sites for hydroxylation is 1. The number of nitrogens with one attached hydrogen (secondary N) is 1. The first kappa shape index (κ1) is 21.7. The van der Waals surface area contributed by atoms with E-state index in [-0.39, 0.29) is 6.54 Å². The Balaban J connectivity index is 1.44. The second-order valence-electron chi connectivity index (χ2n) is 7.89. The maximum Gasteiger partial charge on any atom is 0.221 e. The lowest BCUT2D eigenvalue weighted by Crippen LogP contribution is -2.59. The van der Waals surface area contributed by atoms with Gasteiger partial charge < -0.3 is 14.8 Å². The highest BCUT2D eigenvalue weighted by Crippen LogP contribution is 2.35. The van der Waals surface area contributed by atoms with Crippen LogP contribution >= 0.6 is 11.3 Å². The van der Waals surface area contributed by atoms with Gasteiger partial charge in [0.25, 0.3) is 0 Å². The molecule has 0 aliphatic carbocycles. The molecule has 164 valence electrons. The monoisotopic (exact) mass is 452 g/mol. The summed E-state index contributed by atoms with van der Waals surface area (Å²) >= 11 is 1.63. The van der Waals surface area contributed by atoms with Crippen LogP contribution in [-0.4, -0.2) is 73.6 Å². The standard InChI is InChI=1S/C20H28N4O4S2/c1-16-2-4-17(5-3-16)18-14-21-19(29-18)23-8-10-24(11-9-23)30(26,27)20(15-22-25)6-12-28-13-7-20/h2-5,14,22,25H,6-13,15H2,1H3. The Morgan fingerprint density at radius 1 is 1.17 bits per heavy atom. The molecule has 3 heterocycles.